The Hall–Kier alpha value is -5.44. The highest BCUT2D eigenvalue weighted by Crippen LogP contribution is 2.56. The van der Waals surface area contributed by atoms with Gasteiger partial charge in [-0.1, -0.05) is 60.7 Å². The molecule has 6 rings (SSSR count). The molecule has 0 bridgehead atoms. The lowest BCUT2D eigenvalue weighted by atomic mass is 9.67. The number of hydrogen-bond acceptors (Lipinski definition) is 8. The van der Waals surface area contributed by atoms with Crippen molar-refractivity contribution < 1.29 is 38.5 Å². The number of methoxy groups -OCH3 is 1. The molecule has 1 aliphatic carbocycles. The molecule has 1 aliphatic heterocycles. The van der Waals surface area contributed by atoms with E-state index in [4.69, 9.17) is 14.2 Å². The standard InChI is InChI=1S/C35H29NO8/c1-19(37)29-24(38)16-28-35(2,33(29)40)31-25(39)15-27(42-3)30(32(31)44-28)34(41)36-17-21-13-14-26(23-12-8-7-11-22(21)23)43-18-20-9-5-4-6-10-20/h4-16,29,39H,17-18H2,1-3H3,(H,36,41)/t29?,35-/m1/s1. The highest BCUT2D eigenvalue weighted by Gasteiger charge is 2.58. The average molecular weight is 592 g/mol. The highest BCUT2D eigenvalue weighted by molar-refractivity contribution is 6.27. The van der Waals surface area contributed by atoms with Crippen LogP contribution in [0.5, 0.6) is 23.0 Å². The minimum atomic E-state index is -1.64. The van der Waals surface area contributed by atoms with Crippen molar-refractivity contribution in [3.05, 3.63) is 107 Å². The fourth-order valence-electron chi connectivity index (χ4n) is 5.97. The molecule has 44 heavy (non-hydrogen) atoms. The van der Waals surface area contributed by atoms with E-state index in [-0.39, 0.29) is 40.7 Å². The summed E-state index contributed by atoms with van der Waals surface area (Å²) < 4.78 is 17.5. The summed E-state index contributed by atoms with van der Waals surface area (Å²) in [6, 6.07) is 22.5. The molecule has 9 heteroatoms. The van der Waals surface area contributed by atoms with Crippen molar-refractivity contribution >= 4 is 34.0 Å². The number of aromatic hydroxyl groups is 1. The predicted octanol–water partition coefficient (Wildman–Crippen LogP) is 4.95. The molecule has 1 heterocycles. The Balaban J connectivity index is 1.32. The van der Waals surface area contributed by atoms with Crippen LogP contribution in [0.2, 0.25) is 0 Å². The van der Waals surface area contributed by atoms with Crippen LogP contribution in [-0.2, 0) is 33.0 Å². The third kappa shape index (κ3) is 4.57. The second kappa shape index (κ2) is 11.0. The Morgan fingerprint density at radius 2 is 1.68 bits per heavy atom. The molecular weight excluding hydrogens is 562 g/mol. The Kier molecular flexibility index (Phi) is 7.17. The van der Waals surface area contributed by atoms with Crippen LogP contribution in [0.25, 0.3) is 10.8 Å². The van der Waals surface area contributed by atoms with Gasteiger partial charge in [0.05, 0.1) is 12.7 Å². The number of amides is 1. The van der Waals surface area contributed by atoms with Crippen LogP contribution in [0, 0.1) is 5.92 Å². The van der Waals surface area contributed by atoms with Crippen LogP contribution in [0.4, 0.5) is 0 Å². The first kappa shape index (κ1) is 28.7. The number of ketones is 3. The van der Waals surface area contributed by atoms with Crippen molar-refractivity contribution in [3.63, 3.8) is 0 Å². The lowest BCUT2D eigenvalue weighted by Crippen LogP contribution is -2.47. The number of ether oxygens (including phenoxy) is 3. The Labute approximate surface area is 253 Å². The summed E-state index contributed by atoms with van der Waals surface area (Å²) >= 11 is 0. The molecule has 0 radical (unpaired) electrons. The van der Waals surface area contributed by atoms with Gasteiger partial charge in [0.25, 0.3) is 5.91 Å². The van der Waals surface area contributed by atoms with Gasteiger partial charge in [-0.3, -0.25) is 19.2 Å². The van der Waals surface area contributed by atoms with Gasteiger partial charge in [0.1, 0.15) is 52.3 Å². The molecule has 0 spiro atoms. The predicted molar refractivity (Wildman–Crippen MR) is 161 cm³/mol. The second-order valence-electron chi connectivity index (χ2n) is 10.9. The molecular formula is C35H29NO8. The molecule has 0 saturated heterocycles. The number of carbonyl (C=O) groups is 4. The third-order valence-electron chi connectivity index (χ3n) is 8.25. The number of phenolic OH excluding ortho intramolecular Hbond substituents is 1. The van der Waals surface area contributed by atoms with E-state index in [2.05, 4.69) is 5.32 Å². The summed E-state index contributed by atoms with van der Waals surface area (Å²) in [7, 11) is 1.34. The number of Topliss-reactive ketones (excluding diaryl/α,β-unsaturated/α-hetero) is 2. The fourth-order valence-corrected chi connectivity index (χ4v) is 5.97. The van der Waals surface area contributed by atoms with Gasteiger partial charge in [0.15, 0.2) is 17.3 Å². The summed E-state index contributed by atoms with van der Waals surface area (Å²) in [5.41, 5.74) is 0.173. The Bertz CT molecular complexity index is 1890. The van der Waals surface area contributed by atoms with Gasteiger partial charge in [0.2, 0.25) is 0 Å². The van der Waals surface area contributed by atoms with Gasteiger partial charge >= 0.3 is 0 Å². The maximum Gasteiger partial charge on any atom is 0.259 e. The van der Waals surface area contributed by atoms with Crippen molar-refractivity contribution in [2.45, 2.75) is 32.4 Å². The van der Waals surface area contributed by atoms with Gasteiger partial charge in [-0.2, -0.15) is 0 Å². The molecule has 1 unspecified atom stereocenters. The quantitative estimate of drug-likeness (QED) is 0.276. The minimum absolute atomic E-state index is 0.00353. The third-order valence-corrected chi connectivity index (χ3v) is 8.25. The largest absolute Gasteiger partial charge is 0.507 e. The number of fused-ring (bicyclic) bond motifs is 4. The maximum atomic E-state index is 13.8. The number of nitrogens with one attached hydrogen (secondary N) is 1. The van der Waals surface area contributed by atoms with Crippen LogP contribution in [0.15, 0.2) is 84.6 Å². The van der Waals surface area contributed by atoms with Crippen molar-refractivity contribution in [1.29, 1.82) is 0 Å². The first-order chi connectivity index (χ1) is 21.1. The molecule has 2 N–H and O–H groups in total. The zero-order valence-corrected chi connectivity index (χ0v) is 24.3. The van der Waals surface area contributed by atoms with E-state index in [1.165, 1.54) is 20.1 Å². The monoisotopic (exact) mass is 591 g/mol. The van der Waals surface area contributed by atoms with Gasteiger partial charge in [0, 0.05) is 24.1 Å². The molecule has 0 fully saturated rings. The summed E-state index contributed by atoms with van der Waals surface area (Å²) in [4.78, 5) is 52.1. The topological polar surface area (TPSA) is 128 Å². The molecule has 4 aromatic rings. The van der Waals surface area contributed by atoms with Crippen LogP contribution < -0.4 is 19.5 Å². The molecule has 2 atom stereocenters. The lowest BCUT2D eigenvalue weighted by Gasteiger charge is -2.30. The SMILES string of the molecule is COc1cc(O)c2c(c1C(=O)NCc1ccc(OCc3ccccc3)c3ccccc13)OC1=CC(=O)C(C(C)=O)C(=O)[C@]12C. The number of benzene rings is 4. The van der Waals surface area contributed by atoms with Crippen molar-refractivity contribution in [1.82, 2.24) is 5.32 Å². The van der Waals surface area contributed by atoms with Crippen molar-refractivity contribution in [2.75, 3.05) is 7.11 Å². The molecule has 0 saturated carbocycles. The van der Waals surface area contributed by atoms with Crippen molar-refractivity contribution in [3.8, 4) is 23.0 Å². The summed E-state index contributed by atoms with van der Waals surface area (Å²) in [6.07, 6.45) is 1.09. The second-order valence-corrected chi connectivity index (χ2v) is 10.9. The summed E-state index contributed by atoms with van der Waals surface area (Å²) in [6.45, 7) is 3.17. The number of hydrogen-bond donors (Lipinski definition) is 2. The fraction of sp³-hybridized carbons (Fsp3) is 0.200. The van der Waals surface area contributed by atoms with E-state index in [1.807, 2.05) is 66.7 Å². The number of phenols is 1. The molecule has 2 aliphatic rings. The maximum absolute atomic E-state index is 13.8. The van der Waals surface area contributed by atoms with E-state index < -0.39 is 34.6 Å². The van der Waals surface area contributed by atoms with Crippen molar-refractivity contribution in [2.24, 2.45) is 5.92 Å². The van der Waals surface area contributed by atoms with Crippen LogP contribution in [0.1, 0.15) is 40.9 Å². The smallest absolute Gasteiger partial charge is 0.259 e. The summed E-state index contributed by atoms with van der Waals surface area (Å²) in [5.74, 6) is -3.95. The van der Waals surface area contributed by atoms with E-state index in [0.29, 0.717) is 12.4 Å². The molecule has 222 valence electrons. The zero-order valence-electron chi connectivity index (χ0n) is 24.3. The van der Waals surface area contributed by atoms with E-state index in [0.717, 1.165) is 34.9 Å². The highest BCUT2D eigenvalue weighted by atomic mass is 16.5. The van der Waals surface area contributed by atoms with Crippen LogP contribution in [0.3, 0.4) is 0 Å². The van der Waals surface area contributed by atoms with E-state index in [1.54, 1.807) is 0 Å². The molecule has 9 nitrogen and oxygen atoms in total. The zero-order chi connectivity index (χ0) is 31.2. The van der Waals surface area contributed by atoms with E-state index >= 15 is 0 Å². The Morgan fingerprint density at radius 3 is 2.39 bits per heavy atom. The lowest BCUT2D eigenvalue weighted by molar-refractivity contribution is -0.140. The number of allylic oxidation sites excluding steroid dienone is 2. The first-order valence-electron chi connectivity index (χ1n) is 14.0. The Morgan fingerprint density at radius 1 is 0.977 bits per heavy atom. The van der Waals surface area contributed by atoms with Gasteiger partial charge in [-0.15, -0.1) is 0 Å². The normalized spacial score (nSPS) is 18.6. The van der Waals surface area contributed by atoms with Gasteiger partial charge in [-0.25, -0.2) is 0 Å². The summed E-state index contributed by atoms with van der Waals surface area (Å²) in [5, 5.41) is 15.7. The van der Waals surface area contributed by atoms with E-state index in [9.17, 15) is 24.3 Å². The van der Waals surface area contributed by atoms with Gasteiger partial charge < -0.3 is 24.6 Å². The number of rotatable bonds is 8. The number of carbonyl (C=O) groups excluding carboxylic acids is 4. The van der Waals surface area contributed by atoms with Crippen LogP contribution >= 0.6 is 0 Å². The molecule has 0 aromatic heterocycles. The molecule has 4 aromatic carbocycles. The first-order valence-corrected chi connectivity index (χ1v) is 14.0. The van der Waals surface area contributed by atoms with Crippen LogP contribution in [-0.4, -0.2) is 35.5 Å². The average Bonchev–Trinajstić information content (AvgIpc) is 3.32. The van der Waals surface area contributed by atoms with Gasteiger partial charge in [-0.05, 0) is 36.4 Å². The minimum Gasteiger partial charge on any atom is -0.507 e. The molecule has 1 amide bonds.